The van der Waals surface area contributed by atoms with Gasteiger partial charge in [0.05, 0.1) is 13.2 Å². The molecule has 2 saturated heterocycles. The summed E-state index contributed by atoms with van der Waals surface area (Å²) in [5.74, 6) is 0.901. The maximum atomic E-state index is 12.1. The maximum absolute atomic E-state index is 12.1. The number of ether oxygens (including phenoxy) is 1. The minimum absolute atomic E-state index is 0.0995. The number of amides is 1. The van der Waals surface area contributed by atoms with Gasteiger partial charge in [0, 0.05) is 49.4 Å². The molecule has 1 aromatic rings. The first-order valence-electron chi connectivity index (χ1n) is 9.64. The molecule has 0 radical (unpaired) electrons. The van der Waals surface area contributed by atoms with E-state index < -0.39 is 0 Å². The summed E-state index contributed by atoms with van der Waals surface area (Å²) in [6.07, 6.45) is 6.82. The van der Waals surface area contributed by atoms with Crippen molar-refractivity contribution >= 4 is 12.4 Å². The number of aromatic nitrogens is 1. The third-order valence-corrected chi connectivity index (χ3v) is 5.20. The van der Waals surface area contributed by atoms with Crippen molar-refractivity contribution in [3.05, 3.63) is 30.1 Å². The minimum Gasteiger partial charge on any atom is -0.483 e. The number of piperidine rings is 1. The van der Waals surface area contributed by atoms with Crippen LogP contribution in [0.1, 0.15) is 32.3 Å². The Morgan fingerprint density at radius 1 is 1.33 bits per heavy atom. The van der Waals surface area contributed by atoms with E-state index in [2.05, 4.69) is 22.4 Å². The van der Waals surface area contributed by atoms with Crippen molar-refractivity contribution < 1.29 is 19.4 Å². The first kappa shape index (κ1) is 21.3. The van der Waals surface area contributed by atoms with Crippen molar-refractivity contribution in [1.82, 2.24) is 15.2 Å². The van der Waals surface area contributed by atoms with E-state index in [9.17, 15) is 4.79 Å². The average molecular weight is 377 g/mol. The van der Waals surface area contributed by atoms with Crippen LogP contribution in [0.2, 0.25) is 0 Å². The number of carbonyl (C=O) groups excluding carboxylic acids is 1. The lowest BCUT2D eigenvalue weighted by molar-refractivity contribution is -0.135. The van der Waals surface area contributed by atoms with Crippen LogP contribution >= 0.6 is 0 Å². The van der Waals surface area contributed by atoms with Gasteiger partial charge in [-0.05, 0) is 37.0 Å². The SMILES string of the molecule is CC(C)C(=O)N1CCC(N[C@@H]2COC[C@H]2Cc2ccncc2)CC1.O=CO. The molecule has 3 rings (SSSR count). The summed E-state index contributed by atoms with van der Waals surface area (Å²) in [6.45, 7) is 7.07. The largest absolute Gasteiger partial charge is 0.483 e. The molecule has 0 aromatic carbocycles. The van der Waals surface area contributed by atoms with E-state index >= 15 is 0 Å². The molecule has 2 fully saturated rings. The topological polar surface area (TPSA) is 91.8 Å². The van der Waals surface area contributed by atoms with Gasteiger partial charge in [-0.25, -0.2) is 0 Å². The zero-order valence-corrected chi connectivity index (χ0v) is 16.2. The van der Waals surface area contributed by atoms with Crippen molar-refractivity contribution in [3.63, 3.8) is 0 Å². The predicted octanol–water partition coefficient (Wildman–Crippen LogP) is 1.58. The third-order valence-electron chi connectivity index (χ3n) is 5.20. The Hall–Kier alpha value is -1.99. The molecule has 0 aliphatic carbocycles. The quantitative estimate of drug-likeness (QED) is 0.757. The molecule has 3 heterocycles. The van der Waals surface area contributed by atoms with E-state index in [1.54, 1.807) is 0 Å². The van der Waals surface area contributed by atoms with Gasteiger partial charge in [-0.3, -0.25) is 14.6 Å². The highest BCUT2D eigenvalue weighted by Crippen LogP contribution is 2.21. The monoisotopic (exact) mass is 377 g/mol. The fraction of sp³-hybridized carbons (Fsp3) is 0.650. The number of nitrogens with zero attached hydrogens (tertiary/aromatic N) is 2. The Morgan fingerprint density at radius 3 is 2.56 bits per heavy atom. The Labute approximate surface area is 161 Å². The molecule has 7 nitrogen and oxygen atoms in total. The van der Waals surface area contributed by atoms with Crippen LogP contribution in [0.15, 0.2) is 24.5 Å². The highest BCUT2D eigenvalue weighted by atomic mass is 16.5. The number of carbonyl (C=O) groups is 2. The van der Waals surface area contributed by atoms with Gasteiger partial charge in [-0.15, -0.1) is 0 Å². The van der Waals surface area contributed by atoms with Crippen molar-refractivity contribution in [1.29, 1.82) is 0 Å². The number of rotatable bonds is 5. The fourth-order valence-corrected chi connectivity index (χ4v) is 3.74. The Bertz CT molecular complexity index is 574. The zero-order chi connectivity index (χ0) is 19.6. The molecule has 2 aliphatic rings. The smallest absolute Gasteiger partial charge is 0.290 e. The van der Waals surface area contributed by atoms with E-state index in [1.807, 2.05) is 31.1 Å². The van der Waals surface area contributed by atoms with Gasteiger partial charge in [-0.2, -0.15) is 0 Å². The summed E-state index contributed by atoms with van der Waals surface area (Å²) in [6, 6.07) is 5.08. The lowest BCUT2D eigenvalue weighted by atomic mass is 9.93. The second-order valence-corrected chi connectivity index (χ2v) is 7.49. The summed E-state index contributed by atoms with van der Waals surface area (Å²) in [5.41, 5.74) is 1.32. The molecule has 0 unspecified atom stereocenters. The van der Waals surface area contributed by atoms with E-state index in [-0.39, 0.29) is 18.3 Å². The molecule has 2 aliphatic heterocycles. The number of pyridine rings is 1. The predicted molar refractivity (Wildman–Crippen MR) is 102 cm³/mol. The lowest BCUT2D eigenvalue weighted by Crippen LogP contribution is -2.50. The van der Waals surface area contributed by atoms with Gasteiger partial charge in [0.15, 0.2) is 0 Å². The normalized spacial score (nSPS) is 23.0. The Morgan fingerprint density at radius 2 is 1.96 bits per heavy atom. The van der Waals surface area contributed by atoms with E-state index in [4.69, 9.17) is 14.6 Å². The number of hydrogen-bond donors (Lipinski definition) is 2. The molecule has 0 saturated carbocycles. The van der Waals surface area contributed by atoms with Crippen molar-refractivity contribution in [2.75, 3.05) is 26.3 Å². The molecule has 150 valence electrons. The molecule has 2 N–H and O–H groups in total. The van der Waals surface area contributed by atoms with Crippen LogP contribution in [-0.2, 0) is 20.7 Å². The second-order valence-electron chi connectivity index (χ2n) is 7.49. The standard InChI is InChI=1S/C19H29N3O2.CH2O2/c1-14(2)19(23)22-9-5-17(6-10-22)21-18-13-24-12-16(18)11-15-3-7-20-8-4-15;2-1-3/h3-4,7-8,14,16-18,21H,5-6,9-13H2,1-2H3;1H,(H,2,3)/t16-,18-;/m1./s1. The van der Waals surface area contributed by atoms with Crippen LogP contribution < -0.4 is 5.32 Å². The van der Waals surface area contributed by atoms with Gasteiger partial charge in [0.1, 0.15) is 0 Å². The molecular formula is C20H31N3O4. The van der Waals surface area contributed by atoms with Gasteiger partial charge in [0.25, 0.3) is 6.47 Å². The molecule has 2 atom stereocenters. The zero-order valence-electron chi connectivity index (χ0n) is 16.2. The summed E-state index contributed by atoms with van der Waals surface area (Å²) in [5, 5.41) is 10.7. The third kappa shape index (κ3) is 6.59. The Kier molecular flexibility index (Phi) is 8.67. The van der Waals surface area contributed by atoms with Crippen LogP contribution in [0.5, 0.6) is 0 Å². The second kappa shape index (κ2) is 11.0. The van der Waals surface area contributed by atoms with Crippen LogP contribution in [0.4, 0.5) is 0 Å². The molecule has 1 amide bonds. The summed E-state index contributed by atoms with van der Waals surface area (Å²) in [7, 11) is 0. The van der Waals surface area contributed by atoms with Crippen LogP contribution in [0.3, 0.4) is 0 Å². The van der Waals surface area contributed by atoms with E-state index in [0.29, 0.717) is 18.0 Å². The molecular weight excluding hydrogens is 346 g/mol. The van der Waals surface area contributed by atoms with Crippen molar-refractivity contribution in [3.8, 4) is 0 Å². The van der Waals surface area contributed by atoms with Gasteiger partial charge in [-0.1, -0.05) is 13.8 Å². The van der Waals surface area contributed by atoms with Crippen molar-refractivity contribution in [2.24, 2.45) is 11.8 Å². The number of likely N-dealkylation sites (tertiary alicyclic amines) is 1. The van der Waals surface area contributed by atoms with Gasteiger partial charge >= 0.3 is 0 Å². The fourth-order valence-electron chi connectivity index (χ4n) is 3.74. The van der Waals surface area contributed by atoms with E-state index in [1.165, 1.54) is 5.56 Å². The number of hydrogen-bond acceptors (Lipinski definition) is 5. The van der Waals surface area contributed by atoms with E-state index in [0.717, 1.165) is 45.6 Å². The molecule has 0 bridgehead atoms. The first-order valence-corrected chi connectivity index (χ1v) is 9.64. The van der Waals surface area contributed by atoms with Crippen LogP contribution in [-0.4, -0.2) is 65.8 Å². The minimum atomic E-state index is -0.250. The summed E-state index contributed by atoms with van der Waals surface area (Å²) >= 11 is 0. The molecule has 1 aromatic heterocycles. The number of nitrogens with one attached hydrogen (secondary N) is 1. The van der Waals surface area contributed by atoms with Gasteiger partial charge < -0.3 is 20.1 Å². The molecule has 7 heteroatoms. The molecule has 0 spiro atoms. The van der Waals surface area contributed by atoms with Crippen molar-refractivity contribution in [2.45, 2.75) is 45.2 Å². The van der Waals surface area contributed by atoms with Crippen LogP contribution in [0, 0.1) is 11.8 Å². The van der Waals surface area contributed by atoms with Gasteiger partial charge in [0.2, 0.25) is 5.91 Å². The maximum Gasteiger partial charge on any atom is 0.290 e. The highest BCUT2D eigenvalue weighted by Gasteiger charge is 2.32. The molecule has 27 heavy (non-hydrogen) atoms. The summed E-state index contributed by atoms with van der Waals surface area (Å²) in [4.78, 5) is 26.5. The number of carboxylic acid groups (broad SMARTS) is 1. The summed E-state index contributed by atoms with van der Waals surface area (Å²) < 4.78 is 5.73. The Balaban J connectivity index is 0.000000817. The average Bonchev–Trinajstić information content (AvgIpc) is 3.10. The first-order chi connectivity index (χ1) is 13.0. The highest BCUT2D eigenvalue weighted by molar-refractivity contribution is 5.78. The van der Waals surface area contributed by atoms with Crippen LogP contribution in [0.25, 0.3) is 0 Å². The lowest BCUT2D eigenvalue weighted by Gasteiger charge is -2.35.